The molecule has 3 N–H and O–H groups in total. The van der Waals surface area contributed by atoms with Gasteiger partial charge in [-0.3, -0.25) is 9.59 Å². The monoisotopic (exact) mass is 320 g/mol. The Morgan fingerprint density at radius 2 is 2.13 bits per heavy atom. The molecule has 2 amide bonds. The van der Waals surface area contributed by atoms with E-state index in [9.17, 15) is 9.59 Å². The van der Waals surface area contributed by atoms with E-state index in [1.165, 1.54) is 0 Å². The second kappa shape index (κ2) is 8.53. The molecule has 1 fully saturated rings. The second-order valence-electron chi connectivity index (χ2n) is 5.75. The van der Waals surface area contributed by atoms with Crippen LogP contribution in [0.2, 0.25) is 0 Å². The molecule has 0 spiro atoms. The molecule has 0 unspecified atom stereocenters. The average Bonchev–Trinajstić information content (AvgIpc) is 3.00. The molecule has 0 saturated carbocycles. The third kappa shape index (κ3) is 5.56. The zero-order chi connectivity index (χ0) is 16.7. The van der Waals surface area contributed by atoms with E-state index in [4.69, 9.17) is 15.2 Å². The number of primary amides is 1. The predicted molar refractivity (Wildman–Crippen MR) is 86.0 cm³/mol. The third-order valence-corrected chi connectivity index (χ3v) is 3.85. The number of benzene rings is 1. The Hall–Kier alpha value is -2.08. The summed E-state index contributed by atoms with van der Waals surface area (Å²) in [5.74, 6) is 0.376. The molecule has 6 heteroatoms. The molecule has 1 aliphatic heterocycles. The number of carbonyl (C=O) groups is 2. The fourth-order valence-electron chi connectivity index (χ4n) is 2.51. The number of hydrogen-bond acceptors (Lipinski definition) is 4. The van der Waals surface area contributed by atoms with Crippen LogP contribution in [-0.2, 0) is 14.3 Å². The molecule has 2 atom stereocenters. The van der Waals surface area contributed by atoms with Crippen molar-refractivity contribution >= 4 is 11.8 Å². The highest BCUT2D eigenvalue weighted by molar-refractivity contribution is 5.79. The quantitative estimate of drug-likeness (QED) is 0.707. The molecule has 1 saturated heterocycles. The maximum atomic E-state index is 11.8. The first-order valence-electron chi connectivity index (χ1n) is 7.96. The van der Waals surface area contributed by atoms with Crippen LogP contribution in [-0.4, -0.2) is 37.2 Å². The summed E-state index contributed by atoms with van der Waals surface area (Å²) in [6.45, 7) is 2.91. The van der Waals surface area contributed by atoms with E-state index < -0.39 is 12.0 Å². The molecule has 6 nitrogen and oxygen atoms in total. The minimum absolute atomic E-state index is 0.0375. The van der Waals surface area contributed by atoms with E-state index >= 15 is 0 Å². The van der Waals surface area contributed by atoms with E-state index in [-0.39, 0.29) is 12.0 Å². The number of ether oxygens (including phenoxy) is 2. The molecule has 1 heterocycles. The largest absolute Gasteiger partial charge is 0.493 e. The van der Waals surface area contributed by atoms with Gasteiger partial charge in [0.2, 0.25) is 11.8 Å². The van der Waals surface area contributed by atoms with Gasteiger partial charge in [-0.2, -0.15) is 0 Å². The third-order valence-electron chi connectivity index (χ3n) is 3.85. The standard InChI is InChI=1S/C17H24N2O4/c1-12-5-2-3-6-14(12)22-10-4-7-16(20)19-11-13-8-9-15(23-13)17(18)21/h2-3,5-6,13,15H,4,7-11H2,1H3,(H2,18,21)(H,19,20)/t13-,15+/m1/s1. The van der Waals surface area contributed by atoms with E-state index in [2.05, 4.69) is 5.32 Å². The highest BCUT2D eigenvalue weighted by Gasteiger charge is 2.29. The minimum atomic E-state index is -0.514. The first kappa shape index (κ1) is 17.3. The first-order valence-corrected chi connectivity index (χ1v) is 7.96. The van der Waals surface area contributed by atoms with Gasteiger partial charge in [0.05, 0.1) is 12.7 Å². The van der Waals surface area contributed by atoms with Crippen molar-refractivity contribution in [3.05, 3.63) is 29.8 Å². The number of rotatable bonds is 8. The summed E-state index contributed by atoms with van der Waals surface area (Å²) in [6, 6.07) is 7.80. The summed E-state index contributed by atoms with van der Waals surface area (Å²) in [6.07, 6.45) is 1.77. The van der Waals surface area contributed by atoms with Crippen molar-refractivity contribution in [2.45, 2.75) is 44.8 Å². The van der Waals surface area contributed by atoms with Crippen molar-refractivity contribution < 1.29 is 19.1 Å². The molecular weight excluding hydrogens is 296 g/mol. The SMILES string of the molecule is Cc1ccccc1OCCCC(=O)NC[C@H]1CC[C@@H](C(N)=O)O1. The van der Waals surface area contributed by atoms with Crippen LogP contribution in [0.4, 0.5) is 0 Å². The van der Waals surface area contributed by atoms with E-state index in [0.717, 1.165) is 17.7 Å². The van der Waals surface area contributed by atoms with Crippen molar-refractivity contribution in [3.8, 4) is 5.75 Å². The maximum Gasteiger partial charge on any atom is 0.246 e. The number of nitrogens with one attached hydrogen (secondary N) is 1. The molecule has 0 aromatic heterocycles. The Balaban J connectivity index is 1.57. The smallest absolute Gasteiger partial charge is 0.246 e. The molecule has 2 rings (SSSR count). The fraction of sp³-hybridized carbons (Fsp3) is 0.529. The van der Waals surface area contributed by atoms with Gasteiger partial charge in [0.1, 0.15) is 11.9 Å². The van der Waals surface area contributed by atoms with Crippen molar-refractivity contribution in [1.82, 2.24) is 5.32 Å². The van der Waals surface area contributed by atoms with Gasteiger partial charge in [0, 0.05) is 13.0 Å². The predicted octanol–water partition coefficient (Wildman–Crippen LogP) is 1.30. The van der Waals surface area contributed by atoms with Gasteiger partial charge in [-0.05, 0) is 37.8 Å². The van der Waals surface area contributed by atoms with Crippen LogP contribution in [0, 0.1) is 6.92 Å². The second-order valence-corrected chi connectivity index (χ2v) is 5.75. The van der Waals surface area contributed by atoms with E-state index in [1.807, 2.05) is 31.2 Å². The van der Waals surface area contributed by atoms with Gasteiger partial charge < -0.3 is 20.5 Å². The molecule has 1 aromatic carbocycles. The van der Waals surface area contributed by atoms with Gasteiger partial charge in [0.25, 0.3) is 0 Å². The Morgan fingerprint density at radius 1 is 1.35 bits per heavy atom. The highest BCUT2D eigenvalue weighted by atomic mass is 16.5. The number of para-hydroxylation sites is 1. The molecule has 1 aromatic rings. The van der Waals surface area contributed by atoms with Crippen molar-refractivity contribution in [2.24, 2.45) is 5.73 Å². The summed E-state index contributed by atoms with van der Waals surface area (Å²) in [4.78, 5) is 22.8. The van der Waals surface area contributed by atoms with Crippen LogP contribution in [0.5, 0.6) is 5.75 Å². The summed E-state index contributed by atoms with van der Waals surface area (Å²) in [5, 5.41) is 2.82. The number of amides is 2. The van der Waals surface area contributed by atoms with Gasteiger partial charge in [-0.1, -0.05) is 18.2 Å². The summed E-state index contributed by atoms with van der Waals surface area (Å²) < 4.78 is 11.1. The number of aryl methyl sites for hydroxylation is 1. The van der Waals surface area contributed by atoms with Crippen LogP contribution >= 0.6 is 0 Å². The van der Waals surface area contributed by atoms with E-state index in [0.29, 0.717) is 32.4 Å². The molecule has 0 bridgehead atoms. The number of nitrogens with two attached hydrogens (primary N) is 1. The summed E-state index contributed by atoms with van der Waals surface area (Å²) in [5.41, 5.74) is 6.27. The lowest BCUT2D eigenvalue weighted by molar-refractivity contribution is -0.128. The topological polar surface area (TPSA) is 90.6 Å². The Bertz CT molecular complexity index is 547. The Kier molecular flexibility index (Phi) is 6.40. The van der Waals surface area contributed by atoms with Crippen LogP contribution in [0.15, 0.2) is 24.3 Å². The minimum Gasteiger partial charge on any atom is -0.493 e. The van der Waals surface area contributed by atoms with Gasteiger partial charge in [-0.25, -0.2) is 0 Å². The number of carbonyl (C=O) groups excluding carboxylic acids is 2. The summed E-state index contributed by atoms with van der Waals surface area (Å²) in [7, 11) is 0. The van der Waals surface area contributed by atoms with Crippen molar-refractivity contribution in [2.75, 3.05) is 13.2 Å². The lowest BCUT2D eigenvalue weighted by Crippen LogP contribution is -2.34. The zero-order valence-electron chi connectivity index (χ0n) is 13.4. The molecule has 23 heavy (non-hydrogen) atoms. The zero-order valence-corrected chi connectivity index (χ0v) is 13.4. The van der Waals surface area contributed by atoms with E-state index in [1.54, 1.807) is 0 Å². The van der Waals surface area contributed by atoms with Crippen LogP contribution < -0.4 is 15.8 Å². The van der Waals surface area contributed by atoms with Gasteiger partial charge in [0.15, 0.2) is 0 Å². The Labute approximate surface area is 136 Å². The lowest BCUT2D eigenvalue weighted by atomic mass is 10.2. The molecule has 0 radical (unpaired) electrons. The molecule has 1 aliphatic rings. The van der Waals surface area contributed by atoms with Gasteiger partial charge >= 0.3 is 0 Å². The normalized spacial score (nSPS) is 20.2. The molecule has 0 aliphatic carbocycles. The maximum absolute atomic E-state index is 11.8. The Morgan fingerprint density at radius 3 is 2.83 bits per heavy atom. The van der Waals surface area contributed by atoms with Crippen molar-refractivity contribution in [1.29, 1.82) is 0 Å². The average molecular weight is 320 g/mol. The van der Waals surface area contributed by atoms with Crippen LogP contribution in [0.3, 0.4) is 0 Å². The molecule has 126 valence electrons. The highest BCUT2D eigenvalue weighted by Crippen LogP contribution is 2.19. The van der Waals surface area contributed by atoms with Crippen LogP contribution in [0.1, 0.15) is 31.2 Å². The summed E-state index contributed by atoms with van der Waals surface area (Å²) >= 11 is 0. The van der Waals surface area contributed by atoms with Gasteiger partial charge in [-0.15, -0.1) is 0 Å². The van der Waals surface area contributed by atoms with Crippen molar-refractivity contribution in [3.63, 3.8) is 0 Å². The number of hydrogen-bond donors (Lipinski definition) is 2. The first-order chi connectivity index (χ1) is 11.1. The lowest BCUT2D eigenvalue weighted by Gasteiger charge is -2.13. The molecular formula is C17H24N2O4. The van der Waals surface area contributed by atoms with Crippen LogP contribution in [0.25, 0.3) is 0 Å². The fourth-order valence-corrected chi connectivity index (χ4v) is 2.51.